The molecular formula is C17H15N. The molecule has 0 fully saturated rings. The molecule has 3 rings (SSSR count). The van der Waals surface area contributed by atoms with Gasteiger partial charge in [-0.15, -0.1) is 0 Å². The standard InChI is InChI=1S/C17H15N/c1-12-7-6-10-16-15(12)11-13(2)17(18-16)14-8-4-3-5-9-14/h3-11H,1-2H3. The molecule has 0 amide bonds. The van der Waals surface area contributed by atoms with Crippen LogP contribution in [0, 0.1) is 13.8 Å². The van der Waals surface area contributed by atoms with Gasteiger partial charge in [-0.3, -0.25) is 0 Å². The Bertz CT molecular complexity index is 699. The third-order valence-electron chi connectivity index (χ3n) is 3.31. The van der Waals surface area contributed by atoms with Gasteiger partial charge in [-0.05, 0) is 37.1 Å². The highest BCUT2D eigenvalue weighted by atomic mass is 14.7. The van der Waals surface area contributed by atoms with Crippen LogP contribution in [0.2, 0.25) is 0 Å². The molecule has 18 heavy (non-hydrogen) atoms. The Morgan fingerprint density at radius 1 is 0.778 bits per heavy atom. The van der Waals surface area contributed by atoms with E-state index in [9.17, 15) is 0 Å². The average Bonchev–Trinajstić information content (AvgIpc) is 2.40. The van der Waals surface area contributed by atoms with Crippen molar-refractivity contribution in [2.24, 2.45) is 0 Å². The average molecular weight is 233 g/mol. The number of aryl methyl sites for hydroxylation is 2. The van der Waals surface area contributed by atoms with Gasteiger partial charge in [-0.2, -0.15) is 0 Å². The maximum Gasteiger partial charge on any atom is 0.0738 e. The molecule has 1 aromatic heterocycles. The number of hydrogen-bond donors (Lipinski definition) is 0. The van der Waals surface area contributed by atoms with E-state index >= 15 is 0 Å². The summed E-state index contributed by atoms with van der Waals surface area (Å²) in [5.41, 5.74) is 5.83. The first-order chi connectivity index (χ1) is 8.75. The van der Waals surface area contributed by atoms with Gasteiger partial charge < -0.3 is 0 Å². The van der Waals surface area contributed by atoms with Crippen molar-refractivity contribution in [3.05, 3.63) is 65.7 Å². The predicted octanol–water partition coefficient (Wildman–Crippen LogP) is 4.52. The molecular weight excluding hydrogens is 218 g/mol. The van der Waals surface area contributed by atoms with Crippen LogP contribution in [0.25, 0.3) is 22.2 Å². The molecule has 0 radical (unpaired) electrons. The second-order valence-corrected chi connectivity index (χ2v) is 4.66. The van der Waals surface area contributed by atoms with Crippen LogP contribution in [0.4, 0.5) is 0 Å². The summed E-state index contributed by atoms with van der Waals surface area (Å²) in [4.78, 5) is 4.81. The van der Waals surface area contributed by atoms with Crippen molar-refractivity contribution in [1.29, 1.82) is 0 Å². The molecule has 0 aliphatic rings. The predicted molar refractivity (Wildman–Crippen MR) is 76.7 cm³/mol. The second-order valence-electron chi connectivity index (χ2n) is 4.66. The maximum atomic E-state index is 4.81. The minimum atomic E-state index is 1.07. The van der Waals surface area contributed by atoms with Gasteiger partial charge in [-0.1, -0.05) is 42.5 Å². The molecule has 1 heteroatoms. The van der Waals surface area contributed by atoms with Crippen LogP contribution < -0.4 is 0 Å². The minimum Gasteiger partial charge on any atom is -0.248 e. The van der Waals surface area contributed by atoms with E-state index in [0.29, 0.717) is 0 Å². The Morgan fingerprint density at radius 3 is 2.33 bits per heavy atom. The first-order valence-corrected chi connectivity index (χ1v) is 6.18. The lowest BCUT2D eigenvalue weighted by Crippen LogP contribution is -1.91. The Hall–Kier alpha value is -2.15. The number of pyridine rings is 1. The first kappa shape index (κ1) is 11.0. The van der Waals surface area contributed by atoms with Gasteiger partial charge in [0.1, 0.15) is 0 Å². The molecule has 3 aromatic rings. The molecule has 0 aliphatic carbocycles. The number of hydrogen-bond acceptors (Lipinski definition) is 1. The summed E-state index contributed by atoms with van der Waals surface area (Å²) in [6.07, 6.45) is 0. The van der Waals surface area contributed by atoms with E-state index in [1.165, 1.54) is 22.1 Å². The molecule has 0 aliphatic heterocycles. The zero-order valence-electron chi connectivity index (χ0n) is 10.6. The third kappa shape index (κ3) is 1.78. The lowest BCUT2D eigenvalue weighted by molar-refractivity contribution is 1.32. The number of rotatable bonds is 1. The monoisotopic (exact) mass is 233 g/mol. The highest BCUT2D eigenvalue weighted by Gasteiger charge is 2.06. The van der Waals surface area contributed by atoms with E-state index in [-0.39, 0.29) is 0 Å². The van der Waals surface area contributed by atoms with Crippen LogP contribution in [-0.2, 0) is 0 Å². The van der Waals surface area contributed by atoms with Crippen molar-refractivity contribution >= 4 is 10.9 Å². The Kier molecular flexibility index (Phi) is 2.60. The van der Waals surface area contributed by atoms with E-state index in [4.69, 9.17) is 4.98 Å². The van der Waals surface area contributed by atoms with E-state index in [0.717, 1.165) is 11.2 Å². The zero-order valence-corrected chi connectivity index (χ0v) is 10.6. The molecule has 1 nitrogen and oxygen atoms in total. The molecule has 88 valence electrons. The second kappa shape index (κ2) is 4.26. The van der Waals surface area contributed by atoms with Crippen molar-refractivity contribution in [1.82, 2.24) is 4.98 Å². The summed E-state index contributed by atoms with van der Waals surface area (Å²) in [5, 5.41) is 1.25. The lowest BCUT2D eigenvalue weighted by Gasteiger charge is -2.09. The van der Waals surface area contributed by atoms with E-state index in [1.807, 2.05) is 6.07 Å². The molecule has 0 saturated carbocycles. The van der Waals surface area contributed by atoms with Crippen LogP contribution in [0.3, 0.4) is 0 Å². The normalized spacial score (nSPS) is 10.8. The highest BCUT2D eigenvalue weighted by Crippen LogP contribution is 2.26. The van der Waals surface area contributed by atoms with Gasteiger partial charge in [0, 0.05) is 10.9 Å². The number of fused-ring (bicyclic) bond motifs is 1. The summed E-state index contributed by atoms with van der Waals surface area (Å²) >= 11 is 0. The summed E-state index contributed by atoms with van der Waals surface area (Å²) in [5.74, 6) is 0. The van der Waals surface area contributed by atoms with Crippen molar-refractivity contribution in [3.8, 4) is 11.3 Å². The fraction of sp³-hybridized carbons (Fsp3) is 0.118. The quantitative estimate of drug-likeness (QED) is 0.602. The molecule has 0 atom stereocenters. The van der Waals surface area contributed by atoms with Crippen molar-refractivity contribution in [2.45, 2.75) is 13.8 Å². The summed E-state index contributed by atoms with van der Waals surface area (Å²) in [6.45, 7) is 4.26. The fourth-order valence-electron chi connectivity index (χ4n) is 2.33. The largest absolute Gasteiger partial charge is 0.248 e. The van der Waals surface area contributed by atoms with Crippen LogP contribution in [0.5, 0.6) is 0 Å². The van der Waals surface area contributed by atoms with Crippen LogP contribution in [0.1, 0.15) is 11.1 Å². The number of benzene rings is 2. The third-order valence-corrected chi connectivity index (χ3v) is 3.31. The summed E-state index contributed by atoms with van der Waals surface area (Å²) in [7, 11) is 0. The number of nitrogens with zero attached hydrogens (tertiary/aromatic N) is 1. The highest BCUT2D eigenvalue weighted by molar-refractivity contribution is 5.85. The molecule has 0 N–H and O–H groups in total. The van der Waals surface area contributed by atoms with Crippen LogP contribution >= 0.6 is 0 Å². The summed E-state index contributed by atoms with van der Waals surface area (Å²) < 4.78 is 0. The van der Waals surface area contributed by atoms with E-state index < -0.39 is 0 Å². The Morgan fingerprint density at radius 2 is 1.56 bits per heavy atom. The topological polar surface area (TPSA) is 12.9 Å². The zero-order chi connectivity index (χ0) is 12.5. The summed E-state index contributed by atoms with van der Waals surface area (Å²) in [6, 6.07) is 18.9. The maximum absolute atomic E-state index is 4.81. The first-order valence-electron chi connectivity index (χ1n) is 6.18. The molecule has 0 saturated heterocycles. The molecule has 0 spiro atoms. The van der Waals surface area contributed by atoms with Gasteiger partial charge in [0.15, 0.2) is 0 Å². The van der Waals surface area contributed by atoms with Crippen molar-refractivity contribution < 1.29 is 0 Å². The van der Waals surface area contributed by atoms with Gasteiger partial charge in [0.05, 0.1) is 11.2 Å². The smallest absolute Gasteiger partial charge is 0.0738 e. The Balaban J connectivity index is 2.29. The van der Waals surface area contributed by atoms with E-state index in [1.54, 1.807) is 0 Å². The van der Waals surface area contributed by atoms with Crippen LogP contribution in [-0.4, -0.2) is 4.98 Å². The number of aromatic nitrogens is 1. The molecule has 0 unspecified atom stereocenters. The van der Waals surface area contributed by atoms with Crippen molar-refractivity contribution in [3.63, 3.8) is 0 Å². The van der Waals surface area contributed by atoms with Crippen LogP contribution in [0.15, 0.2) is 54.6 Å². The molecule has 0 bridgehead atoms. The minimum absolute atomic E-state index is 1.07. The lowest BCUT2D eigenvalue weighted by atomic mass is 10.0. The van der Waals surface area contributed by atoms with Gasteiger partial charge in [0.25, 0.3) is 0 Å². The molecule has 1 heterocycles. The molecule has 2 aromatic carbocycles. The Labute approximate surface area is 107 Å². The van der Waals surface area contributed by atoms with Gasteiger partial charge in [0.2, 0.25) is 0 Å². The fourth-order valence-corrected chi connectivity index (χ4v) is 2.33. The van der Waals surface area contributed by atoms with E-state index in [2.05, 4.69) is 62.4 Å². The SMILES string of the molecule is Cc1cc2c(C)cccc2nc1-c1ccccc1. The van der Waals surface area contributed by atoms with Gasteiger partial charge >= 0.3 is 0 Å². The van der Waals surface area contributed by atoms with Gasteiger partial charge in [-0.25, -0.2) is 4.98 Å². The van der Waals surface area contributed by atoms with Crippen molar-refractivity contribution in [2.75, 3.05) is 0 Å².